The third kappa shape index (κ3) is 1.85. The number of carbonyl (C=O) groups is 1. The summed E-state index contributed by atoms with van der Waals surface area (Å²) in [6, 6.07) is 3.60. The maximum Gasteiger partial charge on any atom is 0.267 e. The van der Waals surface area contributed by atoms with E-state index in [0.29, 0.717) is 5.69 Å². The molecule has 1 aromatic rings. The Bertz CT molecular complexity index is 379. The highest BCUT2D eigenvalue weighted by molar-refractivity contribution is 5.92. The molecule has 0 aliphatic heterocycles. The third-order valence-electron chi connectivity index (χ3n) is 2.95. The van der Waals surface area contributed by atoms with Crippen molar-refractivity contribution in [3.63, 3.8) is 0 Å². The number of hydrogen-bond donors (Lipinski definition) is 2. The summed E-state index contributed by atoms with van der Waals surface area (Å²) in [5, 5.41) is 9.77. The maximum atomic E-state index is 11.2. The van der Waals surface area contributed by atoms with E-state index in [1.807, 2.05) is 6.07 Å². The van der Waals surface area contributed by atoms with E-state index >= 15 is 0 Å². The Morgan fingerprint density at radius 3 is 2.93 bits per heavy atom. The SMILES string of the molecule is NC(=O)c1ncccc1[C@@H]1CCC[C@@H]1O. The van der Waals surface area contributed by atoms with Crippen LogP contribution in [0.1, 0.15) is 41.2 Å². The van der Waals surface area contributed by atoms with Crippen LogP contribution >= 0.6 is 0 Å². The molecule has 0 aromatic carbocycles. The van der Waals surface area contributed by atoms with E-state index in [1.54, 1.807) is 12.3 Å². The zero-order valence-electron chi connectivity index (χ0n) is 8.39. The highest BCUT2D eigenvalue weighted by Gasteiger charge is 2.29. The average molecular weight is 206 g/mol. The lowest BCUT2D eigenvalue weighted by Crippen LogP contribution is -2.20. The molecule has 15 heavy (non-hydrogen) atoms. The van der Waals surface area contributed by atoms with Crippen molar-refractivity contribution >= 4 is 5.91 Å². The summed E-state index contributed by atoms with van der Waals surface area (Å²) >= 11 is 0. The number of aliphatic hydroxyl groups is 1. The van der Waals surface area contributed by atoms with Gasteiger partial charge in [0.2, 0.25) is 0 Å². The summed E-state index contributed by atoms with van der Waals surface area (Å²) in [4.78, 5) is 15.1. The van der Waals surface area contributed by atoms with Gasteiger partial charge in [0, 0.05) is 12.1 Å². The molecule has 4 nitrogen and oxygen atoms in total. The normalized spacial score (nSPS) is 25.4. The van der Waals surface area contributed by atoms with Gasteiger partial charge in [0.05, 0.1) is 6.10 Å². The van der Waals surface area contributed by atoms with Crippen LogP contribution in [0.15, 0.2) is 18.3 Å². The van der Waals surface area contributed by atoms with Gasteiger partial charge in [-0.05, 0) is 24.5 Å². The van der Waals surface area contributed by atoms with Crippen LogP contribution in [-0.2, 0) is 0 Å². The molecule has 2 atom stereocenters. The topological polar surface area (TPSA) is 76.2 Å². The second-order valence-electron chi connectivity index (χ2n) is 3.91. The van der Waals surface area contributed by atoms with Crippen LogP contribution in [0.4, 0.5) is 0 Å². The van der Waals surface area contributed by atoms with Crippen LogP contribution < -0.4 is 5.73 Å². The Morgan fingerprint density at radius 1 is 1.53 bits per heavy atom. The van der Waals surface area contributed by atoms with Crippen molar-refractivity contribution in [3.05, 3.63) is 29.6 Å². The number of nitrogens with zero attached hydrogens (tertiary/aromatic N) is 1. The summed E-state index contributed by atoms with van der Waals surface area (Å²) < 4.78 is 0. The predicted octanol–water partition coefficient (Wildman–Crippen LogP) is 0.809. The Labute approximate surface area is 88.1 Å². The first kappa shape index (κ1) is 10.1. The first-order valence-corrected chi connectivity index (χ1v) is 5.13. The first-order chi connectivity index (χ1) is 7.20. The van der Waals surface area contributed by atoms with Crippen molar-refractivity contribution in [2.24, 2.45) is 5.73 Å². The number of aliphatic hydroxyl groups excluding tert-OH is 1. The zero-order valence-corrected chi connectivity index (χ0v) is 8.39. The molecule has 2 rings (SSSR count). The summed E-state index contributed by atoms with van der Waals surface area (Å²) in [6.07, 6.45) is 3.85. The number of carbonyl (C=O) groups excluding carboxylic acids is 1. The van der Waals surface area contributed by atoms with Crippen molar-refractivity contribution < 1.29 is 9.90 Å². The van der Waals surface area contributed by atoms with Gasteiger partial charge in [0.1, 0.15) is 5.69 Å². The minimum atomic E-state index is -0.523. The highest BCUT2D eigenvalue weighted by atomic mass is 16.3. The maximum absolute atomic E-state index is 11.2. The molecule has 0 radical (unpaired) electrons. The van der Waals surface area contributed by atoms with Crippen LogP contribution in [0.3, 0.4) is 0 Å². The van der Waals surface area contributed by atoms with E-state index in [1.165, 1.54) is 0 Å². The quantitative estimate of drug-likeness (QED) is 0.751. The molecule has 1 saturated carbocycles. The van der Waals surface area contributed by atoms with E-state index in [2.05, 4.69) is 4.98 Å². The highest BCUT2D eigenvalue weighted by Crippen LogP contribution is 2.35. The third-order valence-corrected chi connectivity index (χ3v) is 2.95. The molecule has 3 N–H and O–H groups in total. The summed E-state index contributed by atoms with van der Waals surface area (Å²) in [5.41, 5.74) is 6.33. The van der Waals surface area contributed by atoms with Gasteiger partial charge < -0.3 is 10.8 Å². The number of aromatic nitrogens is 1. The standard InChI is InChI=1S/C11H14N2O2/c12-11(15)10-8(4-2-6-13-10)7-3-1-5-9(7)14/h2,4,6-7,9,14H,1,3,5H2,(H2,12,15)/t7-,9-/m0/s1. The van der Waals surface area contributed by atoms with Gasteiger partial charge in [-0.3, -0.25) is 9.78 Å². The molecule has 0 saturated heterocycles. The molecule has 0 bridgehead atoms. The lowest BCUT2D eigenvalue weighted by Gasteiger charge is -2.16. The smallest absolute Gasteiger partial charge is 0.267 e. The van der Waals surface area contributed by atoms with Crippen molar-refractivity contribution in [2.75, 3.05) is 0 Å². The summed E-state index contributed by atoms with van der Waals surface area (Å²) in [6.45, 7) is 0. The van der Waals surface area contributed by atoms with E-state index in [4.69, 9.17) is 5.73 Å². The van der Waals surface area contributed by atoms with Gasteiger partial charge in [-0.1, -0.05) is 12.5 Å². The lowest BCUT2D eigenvalue weighted by atomic mass is 9.94. The van der Waals surface area contributed by atoms with Crippen LogP contribution in [0.25, 0.3) is 0 Å². The zero-order chi connectivity index (χ0) is 10.8. The van der Waals surface area contributed by atoms with E-state index in [-0.39, 0.29) is 12.0 Å². The molecule has 1 heterocycles. The monoisotopic (exact) mass is 206 g/mol. The Hall–Kier alpha value is -1.42. The molecular formula is C11H14N2O2. The number of amides is 1. The van der Waals surface area contributed by atoms with Gasteiger partial charge in [-0.25, -0.2) is 0 Å². The first-order valence-electron chi connectivity index (χ1n) is 5.13. The molecule has 1 amide bonds. The van der Waals surface area contributed by atoms with Gasteiger partial charge >= 0.3 is 0 Å². The second kappa shape index (κ2) is 3.98. The predicted molar refractivity (Wildman–Crippen MR) is 55.4 cm³/mol. The second-order valence-corrected chi connectivity index (χ2v) is 3.91. The molecule has 0 unspecified atom stereocenters. The molecular weight excluding hydrogens is 192 g/mol. The number of pyridine rings is 1. The minimum Gasteiger partial charge on any atom is -0.392 e. The van der Waals surface area contributed by atoms with E-state index in [0.717, 1.165) is 24.8 Å². The van der Waals surface area contributed by atoms with Gasteiger partial charge in [0.25, 0.3) is 5.91 Å². The lowest BCUT2D eigenvalue weighted by molar-refractivity contribution is 0.0992. The molecule has 4 heteroatoms. The summed E-state index contributed by atoms with van der Waals surface area (Å²) in [5.74, 6) is -0.508. The fourth-order valence-electron chi connectivity index (χ4n) is 2.23. The van der Waals surface area contributed by atoms with Crippen LogP contribution in [-0.4, -0.2) is 22.1 Å². The van der Waals surface area contributed by atoms with Gasteiger partial charge in [0.15, 0.2) is 0 Å². The van der Waals surface area contributed by atoms with Gasteiger partial charge in [-0.15, -0.1) is 0 Å². The number of primary amides is 1. The average Bonchev–Trinajstić information content (AvgIpc) is 2.64. The molecule has 0 spiro atoms. The number of hydrogen-bond acceptors (Lipinski definition) is 3. The molecule has 1 aliphatic carbocycles. The van der Waals surface area contributed by atoms with E-state index in [9.17, 15) is 9.90 Å². The van der Waals surface area contributed by atoms with E-state index < -0.39 is 5.91 Å². The van der Waals surface area contributed by atoms with Crippen molar-refractivity contribution in [1.82, 2.24) is 4.98 Å². The molecule has 1 aromatic heterocycles. The molecule has 80 valence electrons. The Kier molecular flexibility index (Phi) is 2.68. The minimum absolute atomic E-state index is 0.0150. The van der Waals surface area contributed by atoms with Crippen LogP contribution in [0.2, 0.25) is 0 Å². The number of nitrogens with two attached hydrogens (primary N) is 1. The number of rotatable bonds is 2. The van der Waals surface area contributed by atoms with Crippen LogP contribution in [0.5, 0.6) is 0 Å². The van der Waals surface area contributed by atoms with Crippen molar-refractivity contribution in [1.29, 1.82) is 0 Å². The fraction of sp³-hybridized carbons (Fsp3) is 0.455. The van der Waals surface area contributed by atoms with Crippen LogP contribution in [0, 0.1) is 0 Å². The molecule has 1 aliphatic rings. The van der Waals surface area contributed by atoms with Gasteiger partial charge in [-0.2, -0.15) is 0 Å². The largest absolute Gasteiger partial charge is 0.392 e. The van der Waals surface area contributed by atoms with Crippen molar-refractivity contribution in [3.8, 4) is 0 Å². The Balaban J connectivity index is 2.38. The summed E-state index contributed by atoms with van der Waals surface area (Å²) in [7, 11) is 0. The molecule has 1 fully saturated rings. The van der Waals surface area contributed by atoms with Crippen molar-refractivity contribution in [2.45, 2.75) is 31.3 Å². The fourth-order valence-corrected chi connectivity index (χ4v) is 2.23. The Morgan fingerprint density at radius 2 is 2.33 bits per heavy atom.